The molecule has 0 aromatic carbocycles. The highest BCUT2D eigenvalue weighted by Gasteiger charge is 2.50. The number of unbranched alkanes of at least 4 members (excludes halogenated alkanes) is 4. The molecule has 0 radical (unpaired) electrons. The molecule has 0 saturated carbocycles. The maximum absolute atomic E-state index is 14.4. The van der Waals surface area contributed by atoms with Gasteiger partial charge in [-0.2, -0.15) is 0 Å². The van der Waals surface area contributed by atoms with Crippen LogP contribution in [0.2, 0.25) is 0 Å². The van der Waals surface area contributed by atoms with Gasteiger partial charge in [-0.15, -0.1) is 0 Å². The maximum atomic E-state index is 14.4. The number of hydrogen-bond acceptors (Lipinski definition) is 29. The number of Topliss-reactive ketones (excluding diaryl/α,β-unsaturated/α-hetero) is 1. The van der Waals surface area contributed by atoms with Gasteiger partial charge in [-0.25, -0.2) is 0 Å². The number of carboxylic acid groups (broad SMARTS) is 1. The number of amides is 7. The molecule has 0 aliphatic carbocycles. The van der Waals surface area contributed by atoms with E-state index in [2.05, 4.69) is 26.6 Å². The summed E-state index contributed by atoms with van der Waals surface area (Å²) < 4.78 is 74.3. The van der Waals surface area contributed by atoms with Crippen molar-refractivity contribution in [3.8, 4) is 0 Å². The van der Waals surface area contributed by atoms with E-state index in [1.807, 2.05) is 0 Å². The van der Waals surface area contributed by atoms with Gasteiger partial charge < -0.3 is 103 Å². The van der Waals surface area contributed by atoms with Crippen molar-refractivity contribution in [1.82, 2.24) is 36.4 Å². The van der Waals surface area contributed by atoms with Crippen LogP contribution in [0.25, 0.3) is 0 Å². The average Bonchev–Trinajstić information content (AvgIpc) is 0.808. The monoisotopic (exact) mass is 1610 g/mol. The summed E-state index contributed by atoms with van der Waals surface area (Å²) in [4.78, 5) is 203. The fraction of sp³-hybridized carbons (Fsp3) is 0.789. The van der Waals surface area contributed by atoms with Gasteiger partial charge in [0.1, 0.15) is 68.3 Å². The van der Waals surface area contributed by atoms with E-state index in [4.69, 9.17) is 66.7 Å². The Balaban J connectivity index is 1.77. The molecule has 3 heterocycles. The molecule has 0 aromatic heterocycles. The zero-order valence-electron chi connectivity index (χ0n) is 67.8. The Morgan fingerprint density at radius 1 is 0.398 bits per heavy atom. The molecule has 3 aliphatic rings. The van der Waals surface area contributed by atoms with Gasteiger partial charge in [-0.1, -0.05) is 27.7 Å². The number of rotatable bonds is 53. The minimum absolute atomic E-state index is 0.0397. The van der Waals surface area contributed by atoms with Crippen molar-refractivity contribution in [3.63, 3.8) is 0 Å². The van der Waals surface area contributed by atoms with Crippen LogP contribution in [0.4, 0.5) is 0 Å². The van der Waals surface area contributed by atoms with E-state index in [1.165, 1.54) is 67.2 Å². The lowest BCUT2D eigenvalue weighted by Crippen LogP contribution is -2.62. The van der Waals surface area contributed by atoms with E-state index in [0.717, 1.165) is 0 Å². The SMILES string of the molecule is CCC(CNC(=O)CCC(=O)N(CCCNC(=O)CCCCO[C@@H]1OC(COC(C)=O)[C@H](OC(C)=O)[C@H](C)C1NC(C)=O)CCCN(CCCCC(=O)CCCCO[C@@H]1OC(COC(C)=O)[C@H](OC(C)=O)[C@H](C)C1NC(C)=O)C(=O)CCCCO[C@@H]1OC(COC(C)=O)[C@H](OC(C)=O)[C@H](C)C1NC(C)=O)OC(=O)CCC(=O)O. The zero-order chi connectivity index (χ0) is 84.3. The number of hydrogen-bond donors (Lipinski definition) is 6. The van der Waals surface area contributed by atoms with Crippen LogP contribution < -0.4 is 26.6 Å². The van der Waals surface area contributed by atoms with Gasteiger partial charge in [-0.3, -0.25) is 76.7 Å². The van der Waals surface area contributed by atoms with E-state index >= 15 is 0 Å². The molecular weight excluding hydrogens is 1490 g/mol. The first-order valence-electron chi connectivity index (χ1n) is 39.1. The number of ketones is 1. The molecule has 3 aliphatic heterocycles. The molecule has 7 amide bonds. The minimum atomic E-state index is -1.18. The molecule has 642 valence electrons. The topological polar surface area (TPSA) is 480 Å². The van der Waals surface area contributed by atoms with Crippen LogP contribution in [0.1, 0.15) is 212 Å². The van der Waals surface area contributed by atoms with Crippen LogP contribution in [-0.4, -0.2) is 268 Å². The van der Waals surface area contributed by atoms with E-state index in [9.17, 15) is 76.7 Å². The molecule has 3 saturated heterocycles. The molecule has 113 heavy (non-hydrogen) atoms. The standard InChI is InChI=1S/C76H123N7O30/c1-14-58(110-67(100)32-31-66(98)99)41-78-63(95)29-30-65(97)83(35-23-33-77-62(94)27-17-21-39-102-75-69(80-49(6)85)46(3)72(108-55(12)91)60(112-75)43-105-52(9)88)37-24-36-82(64(96)28-18-22-40-103-76-70(81-50(7)86)47(4)73(109-56(13)92)61(113-76)44-106-53(10)89)34-19-15-25-57(93)26-16-20-38-101-74-68(79-48(5)84)45(2)71(107-54(11)90)59(111-74)42-104-51(8)87/h45-47,58-61,68-76H,14-44H2,1-13H3,(H,77,94)(H,78,95)(H,79,84)(H,80,85)(H,81,86)(H,98,99)/t45-,46-,47-,58?,59?,60?,61?,68?,69?,70?,71-,72-,73-,74-,75-,76-/m1/s1. The minimum Gasteiger partial charge on any atom is -0.481 e. The maximum Gasteiger partial charge on any atom is 0.306 e. The van der Waals surface area contributed by atoms with Crippen LogP contribution in [-0.2, 0) is 138 Å². The number of nitrogens with one attached hydrogen (secondary N) is 5. The third kappa shape index (κ3) is 39.9. The van der Waals surface area contributed by atoms with Gasteiger partial charge in [-0.05, 0) is 70.6 Å². The van der Waals surface area contributed by atoms with Gasteiger partial charge in [0.05, 0.1) is 37.5 Å². The Labute approximate surface area is 660 Å². The normalized spacial score (nSPS) is 23.4. The van der Waals surface area contributed by atoms with Gasteiger partial charge in [0.25, 0.3) is 0 Å². The summed E-state index contributed by atoms with van der Waals surface area (Å²) in [6, 6.07) is -2.30. The third-order valence-corrected chi connectivity index (χ3v) is 18.8. The number of ether oxygens (including phenoxy) is 13. The number of aliphatic carboxylic acids is 1. The zero-order valence-corrected chi connectivity index (χ0v) is 67.8. The van der Waals surface area contributed by atoms with Crippen molar-refractivity contribution < 1.29 is 143 Å². The lowest BCUT2D eigenvalue weighted by molar-refractivity contribution is -0.262. The Bertz CT molecular complexity index is 3100. The number of carbonyl (C=O) groups excluding carboxylic acids is 15. The molecule has 3 fully saturated rings. The van der Waals surface area contributed by atoms with E-state index in [-0.39, 0.29) is 160 Å². The van der Waals surface area contributed by atoms with Crippen molar-refractivity contribution >= 4 is 94.9 Å². The fourth-order valence-electron chi connectivity index (χ4n) is 13.1. The van der Waals surface area contributed by atoms with Crippen molar-refractivity contribution in [1.29, 1.82) is 0 Å². The lowest BCUT2D eigenvalue weighted by atomic mass is 9.88. The van der Waals surface area contributed by atoms with E-state index in [1.54, 1.807) is 32.6 Å². The van der Waals surface area contributed by atoms with Gasteiger partial charge >= 0.3 is 47.8 Å². The molecular formula is C76H123N7O30. The predicted octanol–water partition coefficient (Wildman–Crippen LogP) is 3.00. The number of nitrogens with zero attached hydrogens (tertiary/aromatic N) is 2. The molecule has 6 N–H and O–H groups in total. The van der Waals surface area contributed by atoms with Crippen molar-refractivity contribution in [2.45, 2.75) is 292 Å². The fourth-order valence-corrected chi connectivity index (χ4v) is 13.1. The second kappa shape index (κ2) is 53.5. The molecule has 0 spiro atoms. The van der Waals surface area contributed by atoms with Gasteiger partial charge in [0, 0.05) is 171 Å². The van der Waals surface area contributed by atoms with Crippen LogP contribution in [0.3, 0.4) is 0 Å². The number of carbonyl (C=O) groups is 16. The molecule has 16 atom stereocenters. The highest BCUT2D eigenvalue weighted by atomic mass is 16.7. The summed E-state index contributed by atoms with van der Waals surface area (Å²) in [7, 11) is 0. The average molecular weight is 1610 g/mol. The quantitative estimate of drug-likeness (QED) is 0.0289. The summed E-state index contributed by atoms with van der Waals surface area (Å²) in [5.74, 6) is -9.85. The van der Waals surface area contributed by atoms with Crippen LogP contribution in [0, 0.1) is 17.8 Å². The summed E-state index contributed by atoms with van der Waals surface area (Å²) in [6.07, 6.45) is -6.24. The highest BCUT2D eigenvalue weighted by Crippen LogP contribution is 2.33. The largest absolute Gasteiger partial charge is 0.481 e. The Kier molecular flexibility index (Phi) is 46.7. The first kappa shape index (κ1) is 98.7. The summed E-state index contributed by atoms with van der Waals surface area (Å²) in [5, 5.41) is 23.0. The van der Waals surface area contributed by atoms with Crippen molar-refractivity contribution in [3.05, 3.63) is 0 Å². The smallest absolute Gasteiger partial charge is 0.306 e. The Hall–Kier alpha value is -8.52. The first-order chi connectivity index (χ1) is 53.5. The lowest BCUT2D eigenvalue weighted by Gasteiger charge is -2.44. The van der Waals surface area contributed by atoms with Crippen LogP contribution in [0.5, 0.6) is 0 Å². The highest BCUT2D eigenvalue weighted by molar-refractivity contribution is 5.84. The molecule has 0 bridgehead atoms. The Morgan fingerprint density at radius 3 is 1.14 bits per heavy atom. The van der Waals surface area contributed by atoms with Crippen LogP contribution in [0.15, 0.2) is 0 Å². The predicted molar refractivity (Wildman–Crippen MR) is 396 cm³/mol. The van der Waals surface area contributed by atoms with Crippen molar-refractivity contribution in [2.75, 3.05) is 78.9 Å². The van der Waals surface area contributed by atoms with Crippen molar-refractivity contribution in [2.24, 2.45) is 17.8 Å². The summed E-state index contributed by atoms with van der Waals surface area (Å²) >= 11 is 0. The van der Waals surface area contributed by atoms with Gasteiger partial charge in [0.2, 0.25) is 41.4 Å². The van der Waals surface area contributed by atoms with Crippen LogP contribution >= 0.6 is 0 Å². The number of esters is 7. The van der Waals surface area contributed by atoms with E-state index < -0.39 is 175 Å². The first-order valence-corrected chi connectivity index (χ1v) is 39.1. The third-order valence-electron chi connectivity index (χ3n) is 18.8. The molecule has 0 aromatic rings. The number of carboxylic acids is 1. The molecule has 37 nitrogen and oxygen atoms in total. The molecule has 7 unspecified atom stereocenters. The second-order valence-corrected chi connectivity index (χ2v) is 28.5. The summed E-state index contributed by atoms with van der Waals surface area (Å²) in [5.41, 5.74) is 0. The van der Waals surface area contributed by atoms with E-state index in [0.29, 0.717) is 57.8 Å². The Morgan fingerprint density at radius 2 is 0.761 bits per heavy atom. The second-order valence-electron chi connectivity index (χ2n) is 28.5. The summed E-state index contributed by atoms with van der Waals surface area (Å²) in [6.45, 7) is 18.3. The molecule has 3 rings (SSSR count). The van der Waals surface area contributed by atoms with Gasteiger partial charge in [0.15, 0.2) is 18.9 Å². The molecule has 37 heteroatoms.